The normalized spacial score (nSPS) is 11.2. The van der Waals surface area contributed by atoms with Gasteiger partial charge >= 0.3 is 11.9 Å². The highest BCUT2D eigenvalue weighted by Crippen LogP contribution is 1.89. The first kappa shape index (κ1) is 13.5. The zero-order chi connectivity index (χ0) is 8.85. The zero-order valence-electron chi connectivity index (χ0n) is 6.24. The van der Waals surface area contributed by atoms with E-state index in [1.807, 2.05) is 0 Å². The van der Waals surface area contributed by atoms with Gasteiger partial charge < -0.3 is 15.6 Å². The molecular formula is C7H15NO4. The van der Waals surface area contributed by atoms with Gasteiger partial charge in [0.05, 0.1) is 6.61 Å². The molecule has 72 valence electrons. The number of aliphatic carboxylic acids is 1. The Morgan fingerprint density at radius 1 is 1.58 bits per heavy atom. The number of carbonyl (C=O) groups excluding carboxylic acids is 1. The van der Waals surface area contributed by atoms with Crippen LogP contribution in [0.1, 0.15) is 20.8 Å². The molecule has 0 heterocycles. The molecule has 0 aromatic carbocycles. The predicted molar refractivity (Wildman–Crippen MR) is 43.6 cm³/mol. The van der Waals surface area contributed by atoms with E-state index in [0.717, 1.165) is 0 Å². The van der Waals surface area contributed by atoms with Gasteiger partial charge in [0.1, 0.15) is 6.04 Å². The van der Waals surface area contributed by atoms with Crippen LogP contribution >= 0.6 is 0 Å². The van der Waals surface area contributed by atoms with Crippen LogP contribution < -0.4 is 5.73 Å². The van der Waals surface area contributed by atoms with E-state index in [2.05, 4.69) is 4.74 Å². The van der Waals surface area contributed by atoms with Gasteiger partial charge in [-0.25, -0.2) is 0 Å². The largest absolute Gasteiger partial charge is 0.480 e. The molecule has 0 aliphatic rings. The molecule has 3 N–H and O–H groups in total. The summed E-state index contributed by atoms with van der Waals surface area (Å²) in [7, 11) is 0. The Morgan fingerprint density at radius 3 is 2.42 bits per heavy atom. The van der Waals surface area contributed by atoms with Crippen molar-refractivity contribution in [2.45, 2.75) is 26.8 Å². The van der Waals surface area contributed by atoms with E-state index in [9.17, 15) is 9.59 Å². The van der Waals surface area contributed by atoms with Crippen molar-refractivity contribution >= 4 is 11.9 Å². The maximum Gasteiger partial charge on any atom is 0.320 e. The van der Waals surface area contributed by atoms with Crippen molar-refractivity contribution in [2.75, 3.05) is 6.61 Å². The van der Waals surface area contributed by atoms with Crippen molar-refractivity contribution in [1.29, 1.82) is 0 Å². The van der Waals surface area contributed by atoms with Crippen molar-refractivity contribution in [3.8, 4) is 0 Å². The molecule has 0 bridgehead atoms. The Hall–Kier alpha value is -1.10. The topological polar surface area (TPSA) is 89.6 Å². The number of hydrogen-bond donors (Lipinski definition) is 2. The average Bonchev–Trinajstić information content (AvgIpc) is 1.86. The number of esters is 1. The number of carboxylic acid groups (broad SMARTS) is 1. The Kier molecular flexibility index (Phi) is 7.42. The first-order valence-corrected chi connectivity index (χ1v) is 3.15. The summed E-state index contributed by atoms with van der Waals surface area (Å²) in [6.45, 7) is 1.31. The van der Waals surface area contributed by atoms with E-state index in [4.69, 9.17) is 10.8 Å². The minimum absolute atomic E-state index is 0. The molecule has 5 nitrogen and oxygen atoms in total. The number of nitrogens with two attached hydrogens (primary N) is 1. The van der Waals surface area contributed by atoms with Crippen LogP contribution in [0.2, 0.25) is 0 Å². The summed E-state index contributed by atoms with van der Waals surface area (Å²) >= 11 is 0. The standard InChI is InChI=1S/C6H11NO4.CH4/c1-4(8)11-3-2-5(7)6(9)10;/h5H,2-3,7H2,1H3,(H,9,10);1H4/t5-;/m0./s1. The molecule has 0 aromatic heterocycles. The third kappa shape index (κ3) is 7.01. The summed E-state index contributed by atoms with van der Waals surface area (Å²) in [6.07, 6.45) is 0.148. The lowest BCUT2D eigenvalue weighted by Crippen LogP contribution is -2.31. The fraction of sp³-hybridized carbons (Fsp3) is 0.714. The molecule has 0 aliphatic heterocycles. The van der Waals surface area contributed by atoms with Gasteiger partial charge in [-0.15, -0.1) is 0 Å². The van der Waals surface area contributed by atoms with Crippen LogP contribution in [-0.2, 0) is 14.3 Å². The summed E-state index contributed by atoms with van der Waals surface area (Å²) < 4.78 is 4.48. The van der Waals surface area contributed by atoms with E-state index >= 15 is 0 Å². The molecule has 0 rings (SSSR count). The molecule has 0 saturated carbocycles. The van der Waals surface area contributed by atoms with Crippen molar-refractivity contribution in [3.05, 3.63) is 0 Å². The van der Waals surface area contributed by atoms with E-state index in [-0.39, 0.29) is 20.5 Å². The van der Waals surface area contributed by atoms with Crippen LogP contribution in [0, 0.1) is 0 Å². The predicted octanol–water partition coefficient (Wildman–Crippen LogP) is -0.0124. The van der Waals surface area contributed by atoms with Gasteiger partial charge in [0.15, 0.2) is 0 Å². The van der Waals surface area contributed by atoms with Crippen LogP contribution in [0.3, 0.4) is 0 Å². The fourth-order valence-electron chi connectivity index (χ4n) is 0.453. The summed E-state index contributed by atoms with van der Waals surface area (Å²) in [5, 5.41) is 8.28. The van der Waals surface area contributed by atoms with E-state index in [1.165, 1.54) is 6.92 Å². The van der Waals surface area contributed by atoms with Crippen LogP contribution in [-0.4, -0.2) is 29.7 Å². The number of rotatable bonds is 4. The maximum absolute atomic E-state index is 10.2. The Labute approximate surface area is 71.5 Å². The molecule has 0 aliphatic carbocycles. The van der Waals surface area contributed by atoms with Crippen LogP contribution in [0.4, 0.5) is 0 Å². The molecule has 0 aromatic rings. The van der Waals surface area contributed by atoms with Crippen LogP contribution in [0.15, 0.2) is 0 Å². The van der Waals surface area contributed by atoms with Crippen molar-refractivity contribution < 1.29 is 19.4 Å². The Morgan fingerprint density at radius 2 is 2.08 bits per heavy atom. The van der Waals surface area contributed by atoms with Gasteiger partial charge in [0, 0.05) is 13.3 Å². The van der Waals surface area contributed by atoms with Gasteiger partial charge in [-0.1, -0.05) is 7.43 Å². The molecule has 0 amide bonds. The quantitative estimate of drug-likeness (QED) is 0.589. The molecule has 0 saturated heterocycles. The second-order valence-electron chi connectivity index (χ2n) is 2.07. The second-order valence-corrected chi connectivity index (χ2v) is 2.07. The average molecular weight is 177 g/mol. The highest BCUT2D eigenvalue weighted by Gasteiger charge is 2.10. The van der Waals surface area contributed by atoms with Gasteiger partial charge in [0.2, 0.25) is 0 Å². The minimum Gasteiger partial charge on any atom is -0.480 e. The molecule has 1 atom stereocenters. The van der Waals surface area contributed by atoms with Gasteiger partial charge in [-0.2, -0.15) is 0 Å². The SMILES string of the molecule is C.CC(=O)OCC[C@H](N)C(=O)O. The first-order chi connectivity index (χ1) is 5.04. The number of ether oxygens (including phenoxy) is 1. The number of carboxylic acids is 1. The summed E-state index contributed by atoms with van der Waals surface area (Å²) in [6, 6.07) is -0.950. The summed E-state index contributed by atoms with van der Waals surface area (Å²) in [5.41, 5.74) is 5.11. The lowest BCUT2D eigenvalue weighted by Gasteiger charge is -2.04. The maximum atomic E-state index is 10.2. The number of carbonyl (C=O) groups is 2. The Bertz CT molecular complexity index is 157. The van der Waals surface area contributed by atoms with Crippen LogP contribution in [0.5, 0.6) is 0 Å². The third-order valence-electron chi connectivity index (χ3n) is 1.05. The van der Waals surface area contributed by atoms with Crippen LogP contribution in [0.25, 0.3) is 0 Å². The van der Waals surface area contributed by atoms with E-state index < -0.39 is 18.0 Å². The molecule has 5 heteroatoms. The Balaban J connectivity index is 0. The highest BCUT2D eigenvalue weighted by atomic mass is 16.5. The summed E-state index contributed by atoms with van der Waals surface area (Å²) in [4.78, 5) is 20.3. The van der Waals surface area contributed by atoms with E-state index in [0.29, 0.717) is 0 Å². The van der Waals surface area contributed by atoms with Crippen molar-refractivity contribution in [3.63, 3.8) is 0 Å². The molecule has 0 unspecified atom stereocenters. The first-order valence-electron chi connectivity index (χ1n) is 3.15. The zero-order valence-corrected chi connectivity index (χ0v) is 6.24. The monoisotopic (exact) mass is 177 g/mol. The minimum atomic E-state index is -1.09. The van der Waals surface area contributed by atoms with Gasteiger partial charge in [-0.3, -0.25) is 9.59 Å². The lowest BCUT2D eigenvalue weighted by atomic mass is 10.2. The highest BCUT2D eigenvalue weighted by molar-refractivity contribution is 5.73. The fourth-order valence-corrected chi connectivity index (χ4v) is 0.453. The number of hydrogen-bond acceptors (Lipinski definition) is 4. The summed E-state index contributed by atoms with van der Waals surface area (Å²) in [5.74, 6) is -1.51. The second kappa shape index (κ2) is 6.60. The third-order valence-corrected chi connectivity index (χ3v) is 1.05. The van der Waals surface area contributed by atoms with E-state index in [1.54, 1.807) is 0 Å². The smallest absolute Gasteiger partial charge is 0.320 e. The molecular weight excluding hydrogens is 162 g/mol. The molecule has 0 radical (unpaired) electrons. The van der Waals surface area contributed by atoms with Gasteiger partial charge in [0.25, 0.3) is 0 Å². The van der Waals surface area contributed by atoms with Crippen molar-refractivity contribution in [2.24, 2.45) is 5.73 Å². The molecule has 0 fully saturated rings. The van der Waals surface area contributed by atoms with Crippen molar-refractivity contribution in [1.82, 2.24) is 0 Å². The molecule has 12 heavy (non-hydrogen) atoms. The molecule has 0 spiro atoms. The lowest BCUT2D eigenvalue weighted by molar-refractivity contribution is -0.144. The van der Waals surface area contributed by atoms with Gasteiger partial charge in [-0.05, 0) is 0 Å².